The van der Waals surface area contributed by atoms with Crippen molar-refractivity contribution in [2.75, 3.05) is 19.6 Å². The molecule has 2 heterocycles. The zero-order chi connectivity index (χ0) is 20.9. The zero-order valence-corrected chi connectivity index (χ0v) is 16.6. The van der Waals surface area contributed by atoms with E-state index in [-0.39, 0.29) is 18.5 Å². The minimum absolute atomic E-state index is 0.124. The van der Waals surface area contributed by atoms with Gasteiger partial charge in [-0.15, -0.1) is 0 Å². The molecule has 0 spiro atoms. The fraction of sp³-hybridized carbons (Fsp3) is 0.208. The van der Waals surface area contributed by atoms with Crippen LogP contribution in [0.3, 0.4) is 0 Å². The van der Waals surface area contributed by atoms with Crippen LogP contribution in [0.15, 0.2) is 85.2 Å². The number of benzene rings is 2. The van der Waals surface area contributed by atoms with E-state index in [0.717, 1.165) is 11.1 Å². The van der Waals surface area contributed by atoms with Crippen molar-refractivity contribution in [3.63, 3.8) is 0 Å². The third kappa shape index (κ3) is 4.09. The number of amides is 2. The standard InChI is InChI=1S/C24H24N4O2/c25-23(29)21-17-27(24(30)20-12-7-13-26-16-20)14-15-28(21)22(18-8-3-1-4-9-18)19-10-5-2-6-11-19/h1-13,16,21-22H,14-15,17H2,(H2,25,29). The molecule has 4 rings (SSSR count). The van der Waals surface area contributed by atoms with E-state index in [1.54, 1.807) is 29.4 Å². The Balaban J connectivity index is 1.65. The van der Waals surface area contributed by atoms with Crippen molar-refractivity contribution in [2.24, 2.45) is 5.73 Å². The maximum absolute atomic E-state index is 12.9. The van der Waals surface area contributed by atoms with E-state index in [4.69, 9.17) is 5.73 Å². The summed E-state index contributed by atoms with van der Waals surface area (Å²) in [6.07, 6.45) is 3.18. The molecule has 6 nitrogen and oxygen atoms in total. The van der Waals surface area contributed by atoms with Crippen LogP contribution in [0.25, 0.3) is 0 Å². The van der Waals surface area contributed by atoms with Gasteiger partial charge in [-0.1, -0.05) is 60.7 Å². The van der Waals surface area contributed by atoms with Gasteiger partial charge in [-0.25, -0.2) is 0 Å². The van der Waals surface area contributed by atoms with E-state index < -0.39 is 11.9 Å². The highest BCUT2D eigenvalue weighted by atomic mass is 16.2. The van der Waals surface area contributed by atoms with Gasteiger partial charge < -0.3 is 10.6 Å². The van der Waals surface area contributed by atoms with Crippen molar-refractivity contribution >= 4 is 11.8 Å². The quantitative estimate of drug-likeness (QED) is 0.714. The van der Waals surface area contributed by atoms with Crippen LogP contribution in [0.5, 0.6) is 0 Å². The minimum Gasteiger partial charge on any atom is -0.368 e. The van der Waals surface area contributed by atoms with Crippen LogP contribution in [0.1, 0.15) is 27.5 Å². The Morgan fingerprint density at radius 2 is 1.53 bits per heavy atom. The van der Waals surface area contributed by atoms with Gasteiger partial charge in [-0.2, -0.15) is 0 Å². The normalized spacial score (nSPS) is 17.1. The van der Waals surface area contributed by atoms with Crippen molar-refractivity contribution < 1.29 is 9.59 Å². The maximum atomic E-state index is 12.9. The lowest BCUT2D eigenvalue weighted by atomic mass is 9.94. The Kier molecular flexibility index (Phi) is 5.86. The summed E-state index contributed by atoms with van der Waals surface area (Å²) in [6, 6.07) is 22.9. The Morgan fingerprint density at radius 1 is 0.900 bits per heavy atom. The third-order valence-electron chi connectivity index (χ3n) is 5.51. The molecule has 2 amide bonds. The molecule has 1 atom stereocenters. The van der Waals surface area contributed by atoms with Crippen LogP contribution in [-0.4, -0.2) is 52.3 Å². The molecule has 1 aromatic heterocycles. The molecule has 0 aliphatic carbocycles. The number of aromatic nitrogens is 1. The van der Waals surface area contributed by atoms with Gasteiger partial charge in [0.25, 0.3) is 5.91 Å². The van der Waals surface area contributed by atoms with Crippen LogP contribution in [0.2, 0.25) is 0 Å². The number of piperazine rings is 1. The summed E-state index contributed by atoms with van der Waals surface area (Å²) in [6.45, 7) is 1.29. The SMILES string of the molecule is NC(=O)C1CN(C(=O)c2cccnc2)CCN1C(c1ccccc1)c1ccccc1. The molecule has 1 aliphatic heterocycles. The minimum atomic E-state index is -0.593. The summed E-state index contributed by atoms with van der Waals surface area (Å²) in [5, 5.41) is 0. The Morgan fingerprint density at radius 3 is 2.07 bits per heavy atom. The van der Waals surface area contributed by atoms with E-state index >= 15 is 0 Å². The number of rotatable bonds is 5. The molecule has 0 bridgehead atoms. The fourth-order valence-corrected chi connectivity index (χ4v) is 4.06. The van der Waals surface area contributed by atoms with E-state index in [9.17, 15) is 9.59 Å². The van der Waals surface area contributed by atoms with Crippen LogP contribution in [-0.2, 0) is 4.79 Å². The van der Waals surface area contributed by atoms with Gasteiger partial charge in [-0.05, 0) is 23.3 Å². The molecule has 1 fully saturated rings. The molecule has 2 aromatic carbocycles. The van der Waals surface area contributed by atoms with Gasteiger partial charge in [0.1, 0.15) is 6.04 Å². The summed E-state index contributed by atoms with van der Waals surface area (Å²) < 4.78 is 0. The lowest BCUT2D eigenvalue weighted by Gasteiger charge is -2.44. The number of hydrogen-bond acceptors (Lipinski definition) is 4. The van der Waals surface area contributed by atoms with Crippen LogP contribution < -0.4 is 5.73 Å². The Hall–Kier alpha value is -3.51. The van der Waals surface area contributed by atoms with Gasteiger partial charge in [0, 0.05) is 32.0 Å². The monoisotopic (exact) mass is 400 g/mol. The number of hydrogen-bond donors (Lipinski definition) is 1. The predicted molar refractivity (Wildman–Crippen MR) is 115 cm³/mol. The first-order chi connectivity index (χ1) is 14.6. The second-order valence-corrected chi connectivity index (χ2v) is 7.37. The van der Waals surface area contributed by atoms with E-state index in [1.807, 2.05) is 36.4 Å². The number of primary amides is 1. The van der Waals surface area contributed by atoms with E-state index in [0.29, 0.717) is 18.7 Å². The van der Waals surface area contributed by atoms with Crippen molar-refractivity contribution in [1.82, 2.24) is 14.8 Å². The molecule has 6 heteroatoms. The smallest absolute Gasteiger partial charge is 0.255 e. The number of nitrogens with zero attached hydrogens (tertiary/aromatic N) is 3. The first kappa shape index (κ1) is 19.8. The Labute approximate surface area is 175 Å². The topological polar surface area (TPSA) is 79.5 Å². The summed E-state index contributed by atoms with van der Waals surface area (Å²) >= 11 is 0. The molecule has 3 aromatic rings. The molecule has 0 saturated carbocycles. The van der Waals surface area contributed by atoms with Crippen molar-refractivity contribution in [1.29, 1.82) is 0 Å². The molecule has 1 aliphatic rings. The number of carbonyl (C=O) groups excluding carboxylic acids is 2. The highest BCUT2D eigenvalue weighted by Gasteiger charge is 2.38. The van der Waals surface area contributed by atoms with Crippen LogP contribution >= 0.6 is 0 Å². The highest BCUT2D eigenvalue weighted by Crippen LogP contribution is 2.32. The average molecular weight is 400 g/mol. The maximum Gasteiger partial charge on any atom is 0.255 e. The molecule has 2 N–H and O–H groups in total. The largest absolute Gasteiger partial charge is 0.368 e. The van der Waals surface area contributed by atoms with Crippen LogP contribution in [0.4, 0.5) is 0 Å². The second kappa shape index (κ2) is 8.88. The van der Waals surface area contributed by atoms with Crippen LogP contribution in [0, 0.1) is 0 Å². The Bertz CT molecular complexity index is 956. The first-order valence-electron chi connectivity index (χ1n) is 9.99. The van der Waals surface area contributed by atoms with E-state index in [1.165, 1.54) is 0 Å². The third-order valence-corrected chi connectivity index (χ3v) is 5.51. The summed E-state index contributed by atoms with van der Waals surface area (Å²) in [7, 11) is 0. The van der Waals surface area contributed by atoms with Gasteiger partial charge in [0.15, 0.2) is 0 Å². The number of pyridine rings is 1. The summed E-state index contributed by atoms with van der Waals surface area (Å²) in [5.41, 5.74) is 8.50. The van der Waals surface area contributed by atoms with Gasteiger partial charge in [0.05, 0.1) is 11.6 Å². The predicted octanol–water partition coefficient (Wildman–Crippen LogP) is 2.48. The summed E-state index contributed by atoms with van der Waals surface area (Å²) in [5.74, 6) is -0.569. The molecule has 30 heavy (non-hydrogen) atoms. The molecular formula is C24H24N4O2. The lowest BCUT2D eigenvalue weighted by Crippen LogP contribution is -2.60. The van der Waals surface area contributed by atoms with E-state index in [2.05, 4.69) is 34.1 Å². The van der Waals surface area contributed by atoms with Crippen molar-refractivity contribution in [3.05, 3.63) is 102 Å². The number of carbonyl (C=O) groups is 2. The second-order valence-electron chi connectivity index (χ2n) is 7.37. The van der Waals surface area contributed by atoms with Gasteiger partial charge >= 0.3 is 0 Å². The lowest BCUT2D eigenvalue weighted by molar-refractivity contribution is -0.126. The van der Waals surface area contributed by atoms with Gasteiger partial charge in [-0.3, -0.25) is 19.5 Å². The molecule has 0 radical (unpaired) electrons. The summed E-state index contributed by atoms with van der Waals surface area (Å²) in [4.78, 5) is 33.2. The fourth-order valence-electron chi connectivity index (χ4n) is 4.06. The van der Waals surface area contributed by atoms with Crippen molar-refractivity contribution in [2.45, 2.75) is 12.1 Å². The molecular weight excluding hydrogens is 376 g/mol. The number of nitrogens with two attached hydrogens (primary N) is 1. The average Bonchev–Trinajstić information content (AvgIpc) is 2.81. The zero-order valence-electron chi connectivity index (χ0n) is 16.6. The highest BCUT2D eigenvalue weighted by molar-refractivity contribution is 5.94. The first-order valence-corrected chi connectivity index (χ1v) is 9.99. The molecule has 152 valence electrons. The van der Waals surface area contributed by atoms with Crippen molar-refractivity contribution in [3.8, 4) is 0 Å². The molecule has 1 saturated heterocycles. The van der Waals surface area contributed by atoms with Gasteiger partial charge in [0.2, 0.25) is 5.91 Å². The molecule has 1 unspecified atom stereocenters.